The molecule has 0 aliphatic rings. The summed E-state index contributed by atoms with van der Waals surface area (Å²) in [5, 5.41) is 19.1. The molecule has 1 aromatic heterocycles. The first-order chi connectivity index (χ1) is 6.77. The van der Waals surface area contributed by atoms with Gasteiger partial charge in [-0.25, -0.2) is 0 Å². The van der Waals surface area contributed by atoms with E-state index in [0.717, 1.165) is 16.3 Å². The van der Waals surface area contributed by atoms with Gasteiger partial charge < -0.3 is 5.11 Å². The van der Waals surface area contributed by atoms with E-state index in [9.17, 15) is 5.11 Å². The first kappa shape index (κ1) is 9.09. The van der Waals surface area contributed by atoms with Crippen molar-refractivity contribution in [1.82, 2.24) is 10.2 Å². The molecule has 3 nitrogen and oxygen atoms in total. The minimum Gasteiger partial charge on any atom is -0.393 e. The van der Waals surface area contributed by atoms with Gasteiger partial charge in [-0.15, -0.1) is 0 Å². The van der Waals surface area contributed by atoms with Gasteiger partial charge in [-0.05, 0) is 18.9 Å². The molecule has 1 unspecified atom stereocenters. The topological polar surface area (TPSA) is 46.0 Å². The zero-order chi connectivity index (χ0) is 9.97. The molecule has 0 radical (unpaired) electrons. The van der Waals surface area contributed by atoms with Crippen LogP contribution in [0.15, 0.2) is 30.6 Å². The number of aliphatic hydroxyl groups is 1. The predicted molar refractivity (Wildman–Crippen MR) is 54.9 cm³/mol. The van der Waals surface area contributed by atoms with E-state index < -0.39 is 0 Å². The summed E-state index contributed by atoms with van der Waals surface area (Å²) in [5.74, 6) is 0. The van der Waals surface area contributed by atoms with Gasteiger partial charge in [-0.3, -0.25) is 0 Å². The van der Waals surface area contributed by atoms with Crippen LogP contribution in [0.2, 0.25) is 0 Å². The van der Waals surface area contributed by atoms with Gasteiger partial charge in [0.05, 0.1) is 18.5 Å². The summed E-state index contributed by atoms with van der Waals surface area (Å²) in [6.07, 6.45) is 3.81. The van der Waals surface area contributed by atoms with E-state index in [0.29, 0.717) is 6.42 Å². The molecule has 0 bridgehead atoms. The Morgan fingerprint density at radius 3 is 2.86 bits per heavy atom. The van der Waals surface area contributed by atoms with Gasteiger partial charge in [0, 0.05) is 10.8 Å². The highest BCUT2D eigenvalue weighted by atomic mass is 16.3. The number of rotatable bonds is 2. The molecule has 1 heterocycles. The highest BCUT2D eigenvalue weighted by Crippen LogP contribution is 2.17. The van der Waals surface area contributed by atoms with E-state index in [1.165, 1.54) is 0 Å². The van der Waals surface area contributed by atoms with Crippen molar-refractivity contribution in [2.45, 2.75) is 19.4 Å². The average molecular weight is 188 g/mol. The van der Waals surface area contributed by atoms with Gasteiger partial charge in [0.25, 0.3) is 0 Å². The summed E-state index contributed by atoms with van der Waals surface area (Å²) in [7, 11) is 0. The Morgan fingerprint density at radius 1 is 1.29 bits per heavy atom. The van der Waals surface area contributed by atoms with Crippen molar-refractivity contribution >= 4 is 10.8 Å². The average Bonchev–Trinajstić information content (AvgIpc) is 2.18. The summed E-state index contributed by atoms with van der Waals surface area (Å²) in [6, 6.07) is 5.98. The summed E-state index contributed by atoms with van der Waals surface area (Å²) in [4.78, 5) is 0. The SMILES string of the molecule is CC(O)Cc1cccc2cnncc12. The Balaban J connectivity index is 2.53. The molecule has 0 saturated carbocycles. The lowest BCUT2D eigenvalue weighted by atomic mass is 10.0. The molecule has 0 spiro atoms. The van der Waals surface area contributed by atoms with Crippen molar-refractivity contribution in [1.29, 1.82) is 0 Å². The molecule has 0 aliphatic carbocycles. The van der Waals surface area contributed by atoms with Crippen LogP contribution in [0.25, 0.3) is 10.8 Å². The van der Waals surface area contributed by atoms with Crippen LogP contribution in [0.3, 0.4) is 0 Å². The third-order valence-electron chi connectivity index (χ3n) is 2.20. The molecule has 1 N–H and O–H groups in total. The van der Waals surface area contributed by atoms with Crippen LogP contribution in [0.5, 0.6) is 0 Å². The number of aromatic nitrogens is 2. The van der Waals surface area contributed by atoms with Crippen LogP contribution in [-0.2, 0) is 6.42 Å². The first-order valence-corrected chi connectivity index (χ1v) is 4.64. The number of benzene rings is 1. The molecule has 0 saturated heterocycles. The molecule has 0 amide bonds. The number of hydrogen-bond donors (Lipinski definition) is 1. The van der Waals surface area contributed by atoms with Gasteiger partial charge in [0.15, 0.2) is 0 Å². The Morgan fingerprint density at radius 2 is 2.07 bits per heavy atom. The van der Waals surface area contributed by atoms with Crippen molar-refractivity contribution in [3.63, 3.8) is 0 Å². The smallest absolute Gasteiger partial charge is 0.0577 e. The molecule has 2 rings (SSSR count). The fourth-order valence-corrected chi connectivity index (χ4v) is 1.59. The largest absolute Gasteiger partial charge is 0.393 e. The fourth-order valence-electron chi connectivity index (χ4n) is 1.59. The van der Waals surface area contributed by atoms with E-state index in [1.54, 1.807) is 19.3 Å². The molecule has 14 heavy (non-hydrogen) atoms. The molecule has 0 aliphatic heterocycles. The van der Waals surface area contributed by atoms with E-state index >= 15 is 0 Å². The molecular weight excluding hydrogens is 176 g/mol. The Labute approximate surface area is 82.4 Å². The normalized spacial score (nSPS) is 13.0. The van der Waals surface area contributed by atoms with Crippen molar-refractivity contribution in [2.75, 3.05) is 0 Å². The molecule has 0 fully saturated rings. The zero-order valence-corrected chi connectivity index (χ0v) is 8.01. The lowest BCUT2D eigenvalue weighted by molar-refractivity contribution is 0.196. The van der Waals surface area contributed by atoms with Crippen LogP contribution in [-0.4, -0.2) is 21.4 Å². The summed E-state index contributed by atoms with van der Waals surface area (Å²) < 4.78 is 0. The molecule has 1 atom stereocenters. The maximum absolute atomic E-state index is 9.33. The van der Waals surface area contributed by atoms with Crippen molar-refractivity contribution in [3.05, 3.63) is 36.2 Å². The van der Waals surface area contributed by atoms with Crippen molar-refractivity contribution in [2.24, 2.45) is 0 Å². The lowest BCUT2D eigenvalue weighted by Gasteiger charge is -2.07. The Bertz CT molecular complexity index is 435. The summed E-state index contributed by atoms with van der Waals surface area (Å²) >= 11 is 0. The Hall–Kier alpha value is -1.48. The van der Waals surface area contributed by atoms with E-state index in [4.69, 9.17) is 0 Å². The Kier molecular flexibility index (Phi) is 2.41. The maximum atomic E-state index is 9.33. The highest BCUT2D eigenvalue weighted by molar-refractivity contribution is 5.84. The third kappa shape index (κ3) is 1.72. The van der Waals surface area contributed by atoms with Gasteiger partial charge in [-0.2, -0.15) is 10.2 Å². The van der Waals surface area contributed by atoms with Gasteiger partial charge >= 0.3 is 0 Å². The van der Waals surface area contributed by atoms with Crippen molar-refractivity contribution in [3.8, 4) is 0 Å². The zero-order valence-electron chi connectivity index (χ0n) is 8.01. The summed E-state index contributed by atoms with van der Waals surface area (Å²) in [5.41, 5.74) is 1.12. The van der Waals surface area contributed by atoms with E-state index in [2.05, 4.69) is 10.2 Å². The van der Waals surface area contributed by atoms with Gasteiger partial charge in [0.1, 0.15) is 0 Å². The van der Waals surface area contributed by atoms with Crippen LogP contribution < -0.4 is 0 Å². The van der Waals surface area contributed by atoms with Crippen LogP contribution in [0.4, 0.5) is 0 Å². The number of hydrogen-bond acceptors (Lipinski definition) is 3. The van der Waals surface area contributed by atoms with Gasteiger partial charge in [0.2, 0.25) is 0 Å². The molecule has 3 heteroatoms. The fraction of sp³-hybridized carbons (Fsp3) is 0.273. The quantitative estimate of drug-likeness (QED) is 0.777. The maximum Gasteiger partial charge on any atom is 0.0577 e. The predicted octanol–water partition coefficient (Wildman–Crippen LogP) is 1.55. The molecule has 2 aromatic rings. The first-order valence-electron chi connectivity index (χ1n) is 4.64. The molecule has 72 valence electrons. The van der Waals surface area contributed by atoms with Crippen LogP contribution in [0.1, 0.15) is 12.5 Å². The second-order valence-electron chi connectivity index (χ2n) is 3.46. The second kappa shape index (κ2) is 3.72. The molecular formula is C11H12N2O. The van der Waals surface area contributed by atoms with E-state index in [-0.39, 0.29) is 6.10 Å². The van der Waals surface area contributed by atoms with Gasteiger partial charge in [-0.1, -0.05) is 18.2 Å². The monoisotopic (exact) mass is 188 g/mol. The van der Waals surface area contributed by atoms with Crippen molar-refractivity contribution < 1.29 is 5.11 Å². The lowest BCUT2D eigenvalue weighted by Crippen LogP contribution is -2.04. The summed E-state index contributed by atoms with van der Waals surface area (Å²) in [6.45, 7) is 1.79. The second-order valence-corrected chi connectivity index (χ2v) is 3.46. The third-order valence-corrected chi connectivity index (χ3v) is 2.20. The van der Waals surface area contributed by atoms with Crippen LogP contribution >= 0.6 is 0 Å². The number of fused-ring (bicyclic) bond motifs is 1. The number of aliphatic hydroxyl groups excluding tert-OH is 1. The van der Waals surface area contributed by atoms with E-state index in [1.807, 2.05) is 18.2 Å². The highest BCUT2D eigenvalue weighted by Gasteiger charge is 2.03. The standard InChI is InChI=1S/C11H12N2O/c1-8(14)5-9-3-2-4-10-6-12-13-7-11(9)10/h2-4,6-8,14H,5H2,1H3. The van der Waals surface area contributed by atoms with Crippen LogP contribution in [0, 0.1) is 0 Å². The molecule has 1 aromatic carbocycles. The minimum absolute atomic E-state index is 0.325. The minimum atomic E-state index is -0.325. The number of nitrogens with zero attached hydrogens (tertiary/aromatic N) is 2.